The molecule has 0 amide bonds. The standard InChI is InChI=1S/C6H12O2S/c1-2-6(8)9-5-3-4-7/h7H,2-5H2,1H3. The summed E-state index contributed by atoms with van der Waals surface area (Å²) in [5.74, 6) is 0.753. The van der Waals surface area contributed by atoms with Gasteiger partial charge in [0, 0.05) is 18.8 Å². The molecule has 0 aliphatic carbocycles. The maximum Gasteiger partial charge on any atom is 0.188 e. The lowest BCUT2D eigenvalue weighted by Gasteiger charge is -1.93. The number of carbonyl (C=O) groups excluding carboxylic acids is 1. The largest absolute Gasteiger partial charge is 0.396 e. The van der Waals surface area contributed by atoms with Gasteiger partial charge in [-0.3, -0.25) is 4.79 Å². The lowest BCUT2D eigenvalue weighted by atomic mass is 10.5. The van der Waals surface area contributed by atoms with Gasteiger partial charge in [-0.1, -0.05) is 18.7 Å². The van der Waals surface area contributed by atoms with Crippen LogP contribution in [0, 0.1) is 0 Å². The van der Waals surface area contributed by atoms with E-state index in [-0.39, 0.29) is 11.7 Å². The summed E-state index contributed by atoms with van der Waals surface area (Å²) in [5, 5.41) is 8.54. The second kappa shape index (κ2) is 6.11. The molecule has 0 rings (SSSR count). The zero-order chi connectivity index (χ0) is 7.11. The van der Waals surface area contributed by atoms with Crippen LogP contribution in [0.25, 0.3) is 0 Å². The Labute approximate surface area is 59.6 Å². The van der Waals surface area contributed by atoms with Gasteiger partial charge in [0.2, 0.25) is 0 Å². The SMILES string of the molecule is CCC(=O)SCCCO. The molecule has 0 aliphatic heterocycles. The summed E-state index contributed by atoms with van der Waals surface area (Å²) in [4.78, 5) is 10.6. The first-order valence-corrected chi connectivity index (χ1v) is 4.06. The molecule has 9 heavy (non-hydrogen) atoms. The van der Waals surface area contributed by atoms with Crippen LogP contribution in [0.4, 0.5) is 0 Å². The van der Waals surface area contributed by atoms with Crippen molar-refractivity contribution in [3.63, 3.8) is 0 Å². The Morgan fingerprint density at radius 2 is 2.33 bits per heavy atom. The number of aliphatic hydroxyl groups is 1. The number of rotatable bonds is 4. The van der Waals surface area contributed by atoms with E-state index in [1.165, 1.54) is 11.8 Å². The minimum absolute atomic E-state index is 0.185. The molecule has 0 bridgehead atoms. The summed E-state index contributed by atoms with van der Waals surface area (Å²) in [5.41, 5.74) is 0. The van der Waals surface area contributed by atoms with Gasteiger partial charge in [-0.15, -0.1) is 0 Å². The molecule has 0 fully saturated rings. The second-order valence-corrected chi connectivity index (χ2v) is 2.80. The van der Waals surface area contributed by atoms with E-state index < -0.39 is 0 Å². The molecular formula is C6H12O2S. The van der Waals surface area contributed by atoms with Gasteiger partial charge in [0.15, 0.2) is 5.12 Å². The number of hydrogen-bond donors (Lipinski definition) is 1. The Kier molecular flexibility index (Phi) is 6.09. The van der Waals surface area contributed by atoms with Crippen LogP contribution < -0.4 is 0 Å². The van der Waals surface area contributed by atoms with Crippen LogP contribution in [0.1, 0.15) is 19.8 Å². The summed E-state index contributed by atoms with van der Waals surface area (Å²) in [6.07, 6.45) is 1.31. The Morgan fingerprint density at radius 3 is 2.78 bits per heavy atom. The van der Waals surface area contributed by atoms with Crippen LogP contribution >= 0.6 is 11.8 Å². The molecular weight excluding hydrogens is 136 g/mol. The topological polar surface area (TPSA) is 37.3 Å². The highest BCUT2D eigenvalue weighted by Crippen LogP contribution is 2.05. The summed E-state index contributed by atoms with van der Waals surface area (Å²) in [7, 11) is 0. The van der Waals surface area contributed by atoms with Crippen LogP contribution in [0.3, 0.4) is 0 Å². The van der Waals surface area contributed by atoms with E-state index in [9.17, 15) is 4.79 Å². The molecule has 1 N–H and O–H groups in total. The van der Waals surface area contributed by atoms with Crippen molar-refractivity contribution in [3.8, 4) is 0 Å². The summed E-state index contributed by atoms with van der Waals surface area (Å²) in [6, 6.07) is 0. The van der Waals surface area contributed by atoms with Gasteiger partial charge < -0.3 is 5.11 Å². The van der Waals surface area contributed by atoms with Gasteiger partial charge >= 0.3 is 0 Å². The third kappa shape index (κ3) is 5.86. The molecule has 0 radical (unpaired) electrons. The van der Waals surface area contributed by atoms with E-state index in [1.54, 1.807) is 0 Å². The highest BCUT2D eigenvalue weighted by atomic mass is 32.2. The quantitative estimate of drug-likeness (QED) is 0.605. The monoisotopic (exact) mass is 148 g/mol. The average Bonchev–Trinajstić information content (AvgIpc) is 1.89. The average molecular weight is 148 g/mol. The van der Waals surface area contributed by atoms with E-state index in [1.807, 2.05) is 6.92 Å². The van der Waals surface area contributed by atoms with E-state index >= 15 is 0 Å². The fourth-order valence-corrected chi connectivity index (χ4v) is 1.06. The minimum atomic E-state index is 0.185. The molecule has 2 nitrogen and oxygen atoms in total. The number of aliphatic hydroxyl groups excluding tert-OH is 1. The van der Waals surface area contributed by atoms with Crippen molar-refractivity contribution in [3.05, 3.63) is 0 Å². The van der Waals surface area contributed by atoms with Crippen LogP contribution in [0.5, 0.6) is 0 Å². The third-order valence-electron chi connectivity index (χ3n) is 0.854. The minimum Gasteiger partial charge on any atom is -0.396 e. The molecule has 0 aromatic heterocycles. The van der Waals surface area contributed by atoms with Crippen LogP contribution in [-0.4, -0.2) is 22.6 Å². The fraction of sp³-hybridized carbons (Fsp3) is 0.833. The number of hydrogen-bond acceptors (Lipinski definition) is 3. The first-order chi connectivity index (χ1) is 4.31. The zero-order valence-electron chi connectivity index (χ0n) is 5.59. The summed E-state index contributed by atoms with van der Waals surface area (Å²) < 4.78 is 0. The Balaban J connectivity index is 2.97. The van der Waals surface area contributed by atoms with Crippen molar-refractivity contribution in [1.82, 2.24) is 0 Å². The molecule has 0 aromatic rings. The van der Waals surface area contributed by atoms with Crippen LogP contribution in [0.2, 0.25) is 0 Å². The maximum atomic E-state index is 10.6. The second-order valence-electron chi connectivity index (χ2n) is 1.65. The van der Waals surface area contributed by atoms with E-state index in [0.29, 0.717) is 6.42 Å². The van der Waals surface area contributed by atoms with Crippen molar-refractivity contribution in [1.29, 1.82) is 0 Å². The number of carbonyl (C=O) groups is 1. The molecule has 0 saturated heterocycles. The van der Waals surface area contributed by atoms with E-state index in [4.69, 9.17) is 5.11 Å². The van der Waals surface area contributed by atoms with Gasteiger partial charge in [0.1, 0.15) is 0 Å². The summed E-state index contributed by atoms with van der Waals surface area (Å²) in [6.45, 7) is 2.03. The molecule has 0 atom stereocenters. The van der Waals surface area contributed by atoms with Crippen LogP contribution in [-0.2, 0) is 4.79 Å². The molecule has 0 aliphatic rings. The Bertz CT molecular complexity index is 83.1. The molecule has 54 valence electrons. The first-order valence-electron chi connectivity index (χ1n) is 3.07. The normalized spacial score (nSPS) is 9.56. The predicted octanol–water partition coefficient (Wildman–Crippen LogP) is 1.04. The highest BCUT2D eigenvalue weighted by Gasteiger charge is 1.95. The smallest absolute Gasteiger partial charge is 0.188 e. The van der Waals surface area contributed by atoms with Gasteiger partial charge in [0.25, 0.3) is 0 Å². The molecule has 0 aromatic carbocycles. The highest BCUT2D eigenvalue weighted by molar-refractivity contribution is 8.13. The number of thioether (sulfide) groups is 1. The first kappa shape index (κ1) is 8.98. The van der Waals surface area contributed by atoms with Crippen molar-refractivity contribution in [2.45, 2.75) is 19.8 Å². The summed E-state index contributed by atoms with van der Waals surface area (Å²) >= 11 is 1.30. The van der Waals surface area contributed by atoms with Gasteiger partial charge in [-0.2, -0.15) is 0 Å². The van der Waals surface area contributed by atoms with Crippen molar-refractivity contribution in [2.75, 3.05) is 12.4 Å². The van der Waals surface area contributed by atoms with Crippen molar-refractivity contribution in [2.24, 2.45) is 0 Å². The Morgan fingerprint density at radius 1 is 1.67 bits per heavy atom. The molecule has 3 heteroatoms. The third-order valence-corrected chi connectivity index (χ3v) is 1.96. The fourth-order valence-electron chi connectivity index (χ4n) is 0.353. The van der Waals surface area contributed by atoms with E-state index in [2.05, 4.69) is 0 Å². The van der Waals surface area contributed by atoms with Crippen molar-refractivity contribution >= 4 is 16.9 Å². The maximum absolute atomic E-state index is 10.6. The lowest BCUT2D eigenvalue weighted by molar-refractivity contribution is -0.110. The van der Waals surface area contributed by atoms with Gasteiger partial charge in [-0.25, -0.2) is 0 Å². The lowest BCUT2D eigenvalue weighted by Crippen LogP contribution is -1.92. The predicted molar refractivity (Wildman–Crippen MR) is 39.5 cm³/mol. The molecule has 0 spiro atoms. The zero-order valence-corrected chi connectivity index (χ0v) is 6.41. The van der Waals surface area contributed by atoms with Crippen LogP contribution in [0.15, 0.2) is 0 Å². The van der Waals surface area contributed by atoms with Gasteiger partial charge in [-0.05, 0) is 6.42 Å². The van der Waals surface area contributed by atoms with Gasteiger partial charge in [0.05, 0.1) is 0 Å². The van der Waals surface area contributed by atoms with E-state index in [0.717, 1.165) is 12.2 Å². The molecule has 0 heterocycles. The Hall–Kier alpha value is -0.0200. The molecule has 0 unspecified atom stereocenters. The molecule has 0 saturated carbocycles. The van der Waals surface area contributed by atoms with Crippen molar-refractivity contribution < 1.29 is 9.90 Å².